The van der Waals surface area contributed by atoms with Gasteiger partial charge in [0.15, 0.2) is 0 Å². The van der Waals surface area contributed by atoms with Crippen LogP contribution in [0.15, 0.2) is 0 Å². The summed E-state index contributed by atoms with van der Waals surface area (Å²) in [5.41, 5.74) is 0.513. The summed E-state index contributed by atoms with van der Waals surface area (Å²) in [6.07, 6.45) is 9.58. The van der Waals surface area contributed by atoms with Gasteiger partial charge in [-0.15, -0.1) is 0 Å². The Morgan fingerprint density at radius 2 is 1.82 bits per heavy atom. The van der Waals surface area contributed by atoms with Crippen LogP contribution in [0.1, 0.15) is 72.1 Å². The van der Waals surface area contributed by atoms with Gasteiger partial charge in [-0.1, -0.05) is 33.6 Å². The first-order valence-corrected chi connectivity index (χ1v) is 9.35. The van der Waals surface area contributed by atoms with E-state index in [2.05, 4.69) is 25.7 Å². The number of fused-ring (bicyclic) bond motifs is 2. The fourth-order valence-corrected chi connectivity index (χ4v) is 5.14. The second-order valence-corrected chi connectivity index (χ2v) is 8.59. The predicted molar refractivity (Wildman–Crippen MR) is 88.6 cm³/mol. The summed E-state index contributed by atoms with van der Waals surface area (Å²) in [5, 5.41) is 0. The monoisotopic (exact) mass is 307 g/mol. The molecule has 1 saturated heterocycles. The molecule has 3 rings (SSSR count). The molecule has 0 amide bonds. The molecule has 0 unspecified atom stereocenters. The maximum atomic E-state index is 12.3. The highest BCUT2D eigenvalue weighted by Crippen LogP contribution is 2.66. The van der Waals surface area contributed by atoms with Crippen LogP contribution >= 0.6 is 0 Å². The molecule has 0 N–H and O–H groups in total. The van der Waals surface area contributed by atoms with Crippen LogP contribution in [0.5, 0.6) is 0 Å². The Morgan fingerprint density at radius 1 is 1.14 bits per heavy atom. The van der Waals surface area contributed by atoms with E-state index in [0.717, 1.165) is 32.0 Å². The van der Waals surface area contributed by atoms with Crippen molar-refractivity contribution in [3.8, 4) is 0 Å². The van der Waals surface area contributed by atoms with E-state index in [0.29, 0.717) is 11.8 Å². The number of nitrogens with zero attached hydrogens (tertiary/aromatic N) is 1. The maximum Gasteiger partial charge on any atom is 0.307 e. The third-order valence-corrected chi connectivity index (χ3v) is 7.32. The van der Waals surface area contributed by atoms with E-state index < -0.39 is 0 Å². The van der Waals surface area contributed by atoms with Gasteiger partial charge in [-0.3, -0.25) is 4.79 Å². The van der Waals surface area contributed by atoms with Gasteiger partial charge in [-0.25, -0.2) is 0 Å². The molecule has 2 bridgehead atoms. The van der Waals surface area contributed by atoms with Gasteiger partial charge < -0.3 is 9.64 Å². The average molecular weight is 307 g/mol. The number of hydrogen-bond acceptors (Lipinski definition) is 3. The Balaban J connectivity index is 1.48. The van der Waals surface area contributed by atoms with Gasteiger partial charge >= 0.3 is 5.97 Å². The lowest BCUT2D eigenvalue weighted by molar-refractivity contribution is -0.157. The standard InChI is InChI=1S/C19H33NO2/c1-18(2)15-8-10-19(18,3)16(14-15)22-17(21)9-13-20-11-6-4-5-7-12-20/h15-16H,4-14H2,1-3H3/t15-,16+,19+/m0/s1. The number of esters is 1. The molecule has 2 aliphatic carbocycles. The highest BCUT2D eigenvalue weighted by atomic mass is 16.5. The molecule has 0 radical (unpaired) electrons. The summed E-state index contributed by atoms with van der Waals surface area (Å²) >= 11 is 0. The summed E-state index contributed by atoms with van der Waals surface area (Å²) in [4.78, 5) is 14.8. The van der Waals surface area contributed by atoms with E-state index in [1.165, 1.54) is 38.5 Å². The molecule has 3 nitrogen and oxygen atoms in total. The van der Waals surface area contributed by atoms with Gasteiger partial charge in [-0.2, -0.15) is 0 Å². The topological polar surface area (TPSA) is 29.5 Å². The number of rotatable bonds is 4. The first-order valence-electron chi connectivity index (χ1n) is 9.35. The van der Waals surface area contributed by atoms with Crippen molar-refractivity contribution in [2.45, 2.75) is 78.2 Å². The second-order valence-electron chi connectivity index (χ2n) is 8.59. The smallest absolute Gasteiger partial charge is 0.307 e. The molecule has 22 heavy (non-hydrogen) atoms. The molecule has 126 valence electrons. The third-order valence-electron chi connectivity index (χ3n) is 7.32. The van der Waals surface area contributed by atoms with Gasteiger partial charge in [0.05, 0.1) is 6.42 Å². The molecule has 1 heterocycles. The van der Waals surface area contributed by atoms with E-state index in [-0.39, 0.29) is 17.5 Å². The van der Waals surface area contributed by atoms with E-state index in [1.54, 1.807) is 0 Å². The summed E-state index contributed by atoms with van der Waals surface area (Å²) in [7, 11) is 0. The van der Waals surface area contributed by atoms with Gasteiger partial charge in [0, 0.05) is 12.0 Å². The molecular weight excluding hydrogens is 274 g/mol. The van der Waals surface area contributed by atoms with Crippen LogP contribution in [0, 0.1) is 16.7 Å². The van der Waals surface area contributed by atoms with Crippen molar-refractivity contribution in [2.75, 3.05) is 19.6 Å². The first kappa shape index (κ1) is 16.3. The van der Waals surface area contributed by atoms with Crippen LogP contribution in [0.25, 0.3) is 0 Å². The Bertz CT molecular complexity index is 412. The van der Waals surface area contributed by atoms with Crippen molar-refractivity contribution in [1.82, 2.24) is 4.90 Å². The summed E-state index contributed by atoms with van der Waals surface area (Å²) in [5.74, 6) is 0.764. The zero-order valence-corrected chi connectivity index (χ0v) is 14.7. The molecule has 1 aliphatic heterocycles. The van der Waals surface area contributed by atoms with Crippen molar-refractivity contribution >= 4 is 5.97 Å². The minimum atomic E-state index is 0.0267. The third kappa shape index (κ3) is 2.81. The van der Waals surface area contributed by atoms with Crippen LogP contribution in [0.3, 0.4) is 0 Å². The Morgan fingerprint density at radius 3 is 2.36 bits per heavy atom. The molecule has 2 saturated carbocycles. The van der Waals surface area contributed by atoms with Gasteiger partial charge in [0.2, 0.25) is 0 Å². The van der Waals surface area contributed by atoms with Crippen LogP contribution in [-0.2, 0) is 9.53 Å². The zero-order chi connectivity index (χ0) is 15.8. The number of carbonyl (C=O) groups excluding carboxylic acids is 1. The van der Waals surface area contributed by atoms with Crippen molar-refractivity contribution in [3.05, 3.63) is 0 Å². The lowest BCUT2D eigenvalue weighted by Gasteiger charge is -2.38. The lowest BCUT2D eigenvalue weighted by atomic mass is 9.70. The molecule has 0 spiro atoms. The van der Waals surface area contributed by atoms with Crippen molar-refractivity contribution in [2.24, 2.45) is 16.7 Å². The van der Waals surface area contributed by atoms with Crippen molar-refractivity contribution in [3.63, 3.8) is 0 Å². The van der Waals surface area contributed by atoms with Crippen LogP contribution in [-0.4, -0.2) is 36.6 Å². The molecular formula is C19H33NO2. The van der Waals surface area contributed by atoms with Crippen LogP contribution in [0.2, 0.25) is 0 Å². The molecule has 0 aromatic heterocycles. The van der Waals surface area contributed by atoms with Crippen LogP contribution < -0.4 is 0 Å². The SMILES string of the molecule is CC1(C)[C@H]2CC[C@]1(C)[C@H](OC(=O)CCN1CCCCCC1)C2. The van der Waals surface area contributed by atoms with E-state index >= 15 is 0 Å². The minimum absolute atomic E-state index is 0.0267. The number of ether oxygens (including phenoxy) is 1. The summed E-state index contributed by atoms with van der Waals surface area (Å²) < 4.78 is 5.94. The molecule has 3 heteroatoms. The predicted octanol–water partition coefficient (Wildman–Crippen LogP) is 4.01. The Kier molecular flexibility index (Phi) is 4.55. The van der Waals surface area contributed by atoms with Crippen molar-refractivity contribution in [1.29, 1.82) is 0 Å². The zero-order valence-electron chi connectivity index (χ0n) is 14.7. The minimum Gasteiger partial charge on any atom is -0.462 e. The van der Waals surface area contributed by atoms with Crippen molar-refractivity contribution < 1.29 is 9.53 Å². The molecule has 0 aromatic carbocycles. The number of likely N-dealkylation sites (tertiary alicyclic amines) is 1. The first-order chi connectivity index (χ1) is 10.4. The highest BCUT2D eigenvalue weighted by Gasteiger charge is 2.62. The van der Waals surface area contributed by atoms with E-state index in [4.69, 9.17) is 4.74 Å². The normalized spacial score (nSPS) is 38.0. The summed E-state index contributed by atoms with van der Waals surface area (Å²) in [6, 6.07) is 0. The molecule has 3 fully saturated rings. The number of carbonyl (C=O) groups is 1. The molecule has 3 atom stereocenters. The largest absolute Gasteiger partial charge is 0.462 e. The molecule has 3 aliphatic rings. The fourth-order valence-electron chi connectivity index (χ4n) is 5.14. The lowest BCUT2D eigenvalue weighted by Crippen LogP contribution is -2.38. The van der Waals surface area contributed by atoms with Gasteiger partial charge in [-0.05, 0) is 56.5 Å². The second kappa shape index (κ2) is 6.14. The number of hydrogen-bond donors (Lipinski definition) is 0. The Labute approximate surface area is 135 Å². The average Bonchev–Trinajstić information content (AvgIpc) is 2.75. The molecule has 0 aromatic rings. The van der Waals surface area contributed by atoms with Gasteiger partial charge in [0.25, 0.3) is 0 Å². The van der Waals surface area contributed by atoms with Gasteiger partial charge in [0.1, 0.15) is 6.10 Å². The quantitative estimate of drug-likeness (QED) is 0.735. The van der Waals surface area contributed by atoms with Crippen LogP contribution in [0.4, 0.5) is 0 Å². The van der Waals surface area contributed by atoms with E-state index in [1.807, 2.05) is 0 Å². The Hall–Kier alpha value is -0.570. The highest BCUT2D eigenvalue weighted by molar-refractivity contribution is 5.70. The van der Waals surface area contributed by atoms with E-state index in [9.17, 15) is 4.79 Å². The summed E-state index contributed by atoms with van der Waals surface area (Å²) in [6.45, 7) is 10.3. The maximum absolute atomic E-state index is 12.3. The fraction of sp³-hybridized carbons (Fsp3) is 0.947.